The summed E-state index contributed by atoms with van der Waals surface area (Å²) >= 11 is 1.58. The largest absolute Gasteiger partial charge is 0.508 e. The first-order valence-electron chi connectivity index (χ1n) is 41.2. The molecule has 6 aromatic rings. The van der Waals surface area contributed by atoms with Gasteiger partial charge in [-0.15, -0.1) is 0 Å². The smallest absolute Gasteiger partial charge is 0.303 e. The quantitative estimate of drug-likeness (QED) is 0.00827. The van der Waals surface area contributed by atoms with Crippen molar-refractivity contribution >= 4 is 120 Å². The number of fused-ring (bicyclic) bond motifs is 1. The van der Waals surface area contributed by atoms with Crippen molar-refractivity contribution in [3.8, 4) is 23.0 Å². The number of nitrogens with one attached hydrogen (secondary N) is 13. The summed E-state index contributed by atoms with van der Waals surface area (Å²) in [5.41, 5.74) is 20.9. The minimum absolute atomic E-state index is 0.00516. The highest BCUT2D eigenvalue weighted by Crippen LogP contribution is 2.26. The van der Waals surface area contributed by atoms with Crippen LogP contribution in [0.2, 0.25) is 0 Å². The molecule has 0 aliphatic carbocycles. The zero-order valence-electron chi connectivity index (χ0n) is 69.5. The molecule has 2 aliphatic rings. The fourth-order valence-electron chi connectivity index (χ4n) is 14.9. The van der Waals surface area contributed by atoms with Crippen molar-refractivity contribution in [1.29, 1.82) is 5.41 Å². The maximum atomic E-state index is 15.3. The Morgan fingerprint density at radius 2 is 0.960 bits per heavy atom. The number of benzene rings is 5. The molecule has 5 aromatic carbocycles. The highest BCUT2D eigenvalue weighted by atomic mass is 127. The molecule has 0 bridgehead atoms. The summed E-state index contributed by atoms with van der Waals surface area (Å²) in [6.45, 7) is 6.58. The average molecular weight is 1830 g/mol. The number of halogens is 1. The number of guanidine groups is 1. The number of likely N-dealkylation sites (tertiary alicyclic amines) is 2. The number of carboxylic acid groups (broad SMARTS) is 1. The van der Waals surface area contributed by atoms with Crippen LogP contribution in [-0.2, 0) is 99.2 Å². The van der Waals surface area contributed by atoms with Gasteiger partial charge in [0.2, 0.25) is 74.7 Å². The van der Waals surface area contributed by atoms with Gasteiger partial charge in [0.15, 0.2) is 5.96 Å². The summed E-state index contributed by atoms with van der Waals surface area (Å²) in [4.78, 5) is 203. The molecule has 1 aromatic heterocycles. The summed E-state index contributed by atoms with van der Waals surface area (Å²) in [5.74, 6) is -12.0. The van der Waals surface area contributed by atoms with E-state index < -0.39 is 173 Å². The minimum atomic E-state index is -1.66. The lowest BCUT2D eigenvalue weighted by Gasteiger charge is -2.32. The van der Waals surface area contributed by atoms with Crippen LogP contribution in [0.1, 0.15) is 126 Å². The highest BCUT2D eigenvalue weighted by Gasteiger charge is 2.43. The number of carboxylic acids is 1. The number of para-hydroxylation sites is 1. The molecule has 2 fully saturated rings. The molecular formula is C86H113IN18O19. The standard InChI is InChI=1S/C86H113IN18O19/c1-47(2)36-54(45-94-62(31-32-74(112)113)78(117)101-65(37-48(3)4)77(116)95-46-73(111)97-67(42-53-44-93-61-11-6-5-10-59(53)61)80(119)99-64(75(87)114)39-50-17-25-56(107)26-18-50)96-82(121)70-13-8-34-104(70)84(123)63(12-7-33-92-86(90)91)98-79(118)66(40-51-19-27-57(108)28-20-51)102-83(122)71-14-9-35-105(71)85(124)69(41-52-21-29-58(109)30-22-52)103-81(120)68(43-72(89)110)100-76(115)60(88)38-49-15-23-55(106)24-16-49/h5-6,10-11,15-30,44,47-48,54,60,62-71,93-94,106-109H,7-9,12-14,31-43,45-46,88H2,1-4H3,(H2,89,110)(H,95,116)(H,96,121)(H,97,111)(H,98,118)(H,99,119)(H,100,115)(H,101,117)(H,102,122)(H,103,120)(H,112,113)(H4,90,91,92)/t54-,60+,62-,63-,64?,65-,66-,67-,68-,69-,70-,71-/m0/s1. The molecule has 668 valence electrons. The van der Waals surface area contributed by atoms with Gasteiger partial charge in [-0.05, 0) is 158 Å². The average Bonchev–Trinajstić information content (AvgIpc) is 1.61. The fourth-order valence-corrected chi connectivity index (χ4v) is 15.3. The molecule has 0 spiro atoms. The first-order chi connectivity index (χ1) is 59.0. The number of aromatic hydroxyl groups is 4. The molecule has 0 radical (unpaired) electrons. The Hall–Kier alpha value is -12.5. The maximum absolute atomic E-state index is 15.3. The van der Waals surface area contributed by atoms with E-state index in [9.17, 15) is 78.3 Å². The van der Waals surface area contributed by atoms with Gasteiger partial charge >= 0.3 is 5.97 Å². The zero-order valence-corrected chi connectivity index (χ0v) is 71.7. The summed E-state index contributed by atoms with van der Waals surface area (Å²) < 4.78 is -0.406. The third-order valence-electron chi connectivity index (χ3n) is 21.2. The predicted molar refractivity (Wildman–Crippen MR) is 465 cm³/mol. The summed E-state index contributed by atoms with van der Waals surface area (Å²) in [6.07, 6.45) is 0.753. The minimum Gasteiger partial charge on any atom is -0.508 e. The van der Waals surface area contributed by atoms with Gasteiger partial charge in [0.25, 0.3) is 0 Å². The number of amides is 12. The van der Waals surface area contributed by atoms with E-state index in [-0.39, 0.29) is 150 Å². The number of hydrogen-bond donors (Lipinski definition) is 21. The zero-order chi connectivity index (χ0) is 90.4. The molecule has 1 unspecified atom stereocenters. The SMILES string of the molecule is CC(C)C[C@@H](CN[C@@H](CCC(=O)O)C(=O)N[C@@H](CC(C)C)C(=O)NCC(=O)N[C@@H](Cc1c[nH]c2ccccc12)C(=O)NC(Cc1ccc(O)cc1)C(=O)I)NC(=O)[C@@H]1CCCN1C(=O)[C@H](CCCNC(=N)N)NC(=O)[C@H](Cc1ccc(O)cc1)NC(=O)[C@@H]1CCCN1C(=O)[C@H](Cc1ccc(O)cc1)NC(=O)[C@H](CC(N)=O)NC(=O)[C@H](N)Cc1ccc(O)cc1. The number of phenolic OH excluding ortho intramolecular Hbond substituents is 4. The van der Waals surface area contributed by atoms with Crippen molar-refractivity contribution in [1.82, 2.24) is 73.3 Å². The molecule has 8 rings (SSSR count). The van der Waals surface area contributed by atoms with Crippen molar-refractivity contribution in [3.05, 3.63) is 155 Å². The Morgan fingerprint density at radius 1 is 0.500 bits per heavy atom. The van der Waals surface area contributed by atoms with E-state index in [0.29, 0.717) is 34.2 Å². The number of nitrogens with zero attached hydrogens (tertiary/aromatic N) is 2. The summed E-state index contributed by atoms with van der Waals surface area (Å²) in [5, 5.41) is 88.8. The van der Waals surface area contributed by atoms with Crippen molar-refractivity contribution in [2.24, 2.45) is 29.0 Å². The number of hydrogen-bond acceptors (Lipinski definition) is 21. The number of carbonyl (C=O) groups excluding carboxylic acids is 13. The molecule has 38 heteroatoms. The number of phenols is 4. The van der Waals surface area contributed by atoms with Gasteiger partial charge in [-0.3, -0.25) is 72.5 Å². The molecule has 2 saturated heterocycles. The number of H-pyrrole nitrogens is 1. The van der Waals surface area contributed by atoms with Gasteiger partial charge in [-0.25, -0.2) is 0 Å². The summed E-state index contributed by atoms with van der Waals surface area (Å²) in [6, 6.07) is 15.2. The molecule has 12 atom stereocenters. The number of primary amides is 1. The van der Waals surface area contributed by atoms with Crippen LogP contribution >= 0.6 is 22.6 Å². The molecule has 12 amide bonds. The van der Waals surface area contributed by atoms with E-state index in [1.165, 1.54) is 94.7 Å². The van der Waals surface area contributed by atoms with Crippen LogP contribution in [0.4, 0.5) is 0 Å². The van der Waals surface area contributed by atoms with E-state index in [1.807, 2.05) is 38.1 Å². The molecule has 0 saturated carbocycles. The maximum Gasteiger partial charge on any atom is 0.303 e. The third kappa shape index (κ3) is 30.5. The van der Waals surface area contributed by atoms with Crippen molar-refractivity contribution < 1.29 is 92.7 Å². The van der Waals surface area contributed by atoms with Gasteiger partial charge in [-0.2, -0.15) is 0 Å². The monoisotopic (exact) mass is 1830 g/mol. The van der Waals surface area contributed by atoms with Crippen LogP contribution in [0.25, 0.3) is 10.9 Å². The molecule has 24 N–H and O–H groups in total. The lowest BCUT2D eigenvalue weighted by Crippen LogP contribution is -2.60. The lowest BCUT2D eigenvalue weighted by atomic mass is 10.0. The third-order valence-corrected chi connectivity index (χ3v) is 22.0. The topological polar surface area (TPSA) is 597 Å². The van der Waals surface area contributed by atoms with Gasteiger partial charge in [0.1, 0.15) is 77.4 Å². The molecule has 2 aliphatic heterocycles. The van der Waals surface area contributed by atoms with Crippen molar-refractivity contribution in [2.75, 3.05) is 32.7 Å². The predicted octanol–water partition coefficient (Wildman–Crippen LogP) is 0.823. The van der Waals surface area contributed by atoms with E-state index in [0.717, 1.165) is 10.9 Å². The Balaban J connectivity index is 0.953. The van der Waals surface area contributed by atoms with Gasteiger partial charge in [0.05, 0.1) is 25.0 Å². The number of aromatic amines is 1. The normalized spacial score (nSPS) is 16.2. The highest BCUT2D eigenvalue weighted by molar-refractivity contribution is 14.1. The summed E-state index contributed by atoms with van der Waals surface area (Å²) in [7, 11) is 0. The van der Waals surface area contributed by atoms with E-state index >= 15 is 14.4 Å². The fraction of sp³-hybridized carbons (Fsp3) is 0.453. The van der Waals surface area contributed by atoms with Crippen LogP contribution in [0.15, 0.2) is 128 Å². The Bertz CT molecular complexity index is 4730. The molecule has 3 heterocycles. The van der Waals surface area contributed by atoms with Gasteiger partial charge in [-0.1, -0.05) is 94.4 Å². The number of carbonyl (C=O) groups is 14. The first kappa shape index (κ1) is 97.0. The van der Waals surface area contributed by atoms with Crippen molar-refractivity contribution in [2.45, 2.75) is 203 Å². The number of aliphatic carboxylic acids is 1. The second-order valence-corrected chi connectivity index (χ2v) is 33.1. The van der Waals surface area contributed by atoms with Crippen molar-refractivity contribution in [3.63, 3.8) is 0 Å². The second-order valence-electron chi connectivity index (χ2n) is 32.1. The van der Waals surface area contributed by atoms with E-state index in [4.69, 9.17) is 22.6 Å². The van der Waals surface area contributed by atoms with Crippen LogP contribution in [0.3, 0.4) is 0 Å². The van der Waals surface area contributed by atoms with E-state index in [2.05, 4.69) is 63.5 Å². The lowest BCUT2D eigenvalue weighted by molar-refractivity contribution is -0.143. The van der Waals surface area contributed by atoms with Crippen LogP contribution in [0.5, 0.6) is 23.0 Å². The first-order valence-corrected chi connectivity index (χ1v) is 42.3. The Labute approximate surface area is 730 Å². The number of rotatable bonds is 47. The van der Waals surface area contributed by atoms with E-state index in [1.54, 1.807) is 54.8 Å². The van der Waals surface area contributed by atoms with Crippen LogP contribution < -0.4 is 75.7 Å². The molecule has 124 heavy (non-hydrogen) atoms. The van der Waals surface area contributed by atoms with Gasteiger partial charge in [0, 0.05) is 104 Å². The second kappa shape index (κ2) is 47.3. The van der Waals surface area contributed by atoms with Gasteiger partial charge < -0.3 is 116 Å². The number of nitrogens with two attached hydrogens (primary N) is 3. The Morgan fingerprint density at radius 3 is 1.48 bits per heavy atom. The Kier molecular flexibility index (Phi) is 37.0. The molecular weight excluding hydrogens is 1720 g/mol. The van der Waals surface area contributed by atoms with Crippen LogP contribution in [0, 0.1) is 17.2 Å². The molecule has 37 nitrogen and oxygen atoms in total. The number of aromatic nitrogens is 1. The van der Waals surface area contributed by atoms with Crippen LogP contribution in [-0.4, -0.2) is 232 Å².